The van der Waals surface area contributed by atoms with Crippen LogP contribution in [0.1, 0.15) is 18.9 Å². The van der Waals surface area contributed by atoms with Crippen LogP contribution in [-0.2, 0) is 6.42 Å². The highest BCUT2D eigenvalue weighted by Crippen LogP contribution is 2.07. The average Bonchev–Trinajstić information content (AvgIpc) is 2.19. The van der Waals surface area contributed by atoms with Crippen molar-refractivity contribution in [2.75, 3.05) is 0 Å². The van der Waals surface area contributed by atoms with Crippen LogP contribution >= 0.6 is 11.6 Å². The molecule has 2 atom stereocenters. The molecule has 0 aliphatic rings. The summed E-state index contributed by atoms with van der Waals surface area (Å²) >= 11 is 6.17. The molecule has 80 valence electrons. The highest BCUT2D eigenvalue weighted by molar-refractivity contribution is 6.20. The second-order valence-electron chi connectivity index (χ2n) is 3.63. The van der Waals surface area contributed by atoms with Crippen molar-refractivity contribution in [3.05, 3.63) is 35.9 Å². The van der Waals surface area contributed by atoms with Gasteiger partial charge in [-0.1, -0.05) is 30.3 Å². The van der Waals surface area contributed by atoms with E-state index in [0.717, 1.165) is 6.42 Å². The van der Waals surface area contributed by atoms with Crippen LogP contribution in [0.15, 0.2) is 30.3 Å². The van der Waals surface area contributed by atoms with Gasteiger partial charge in [0.05, 0.1) is 5.50 Å². The van der Waals surface area contributed by atoms with E-state index in [9.17, 15) is 0 Å². The first-order valence-electron chi connectivity index (χ1n) is 5.10. The highest BCUT2D eigenvalue weighted by Gasteiger charge is 2.08. The Hall–Kier alpha value is -0.970. The molecule has 1 nitrogen and oxygen atoms in total. The lowest BCUT2D eigenvalue weighted by Crippen LogP contribution is -2.33. The molecule has 15 heavy (non-hydrogen) atoms. The molecule has 0 radical (unpaired) electrons. The molecule has 2 heteroatoms. The summed E-state index contributed by atoms with van der Waals surface area (Å²) in [5, 5.41) is 3.25. The number of benzene rings is 1. The summed E-state index contributed by atoms with van der Waals surface area (Å²) in [4.78, 5) is 0. The quantitative estimate of drug-likeness (QED) is 0.458. The van der Waals surface area contributed by atoms with Crippen molar-refractivity contribution < 1.29 is 0 Å². The number of rotatable bonds is 5. The standard InChI is InChI=1S/C13H16ClN/c1-3-7-11(2)15-13(14)10-12-8-5-4-6-9-12/h1,4-6,8-9,11,13,15H,7,10H2,2H3. The number of alkyl halides is 1. The van der Waals surface area contributed by atoms with Crippen molar-refractivity contribution >= 4 is 11.6 Å². The Morgan fingerprint density at radius 3 is 2.67 bits per heavy atom. The second-order valence-corrected chi connectivity index (χ2v) is 4.16. The minimum atomic E-state index is -0.0595. The van der Waals surface area contributed by atoms with Gasteiger partial charge in [0.2, 0.25) is 0 Å². The number of halogens is 1. The molecule has 0 fully saturated rings. The normalized spacial score (nSPS) is 14.2. The van der Waals surface area contributed by atoms with E-state index in [-0.39, 0.29) is 11.5 Å². The minimum Gasteiger partial charge on any atom is -0.298 e. The zero-order valence-electron chi connectivity index (χ0n) is 8.91. The van der Waals surface area contributed by atoms with Gasteiger partial charge in [-0.3, -0.25) is 5.32 Å². The molecule has 0 aromatic heterocycles. The summed E-state index contributed by atoms with van der Waals surface area (Å²) in [7, 11) is 0. The van der Waals surface area contributed by atoms with E-state index in [1.165, 1.54) is 5.56 Å². The maximum atomic E-state index is 6.17. The third-order valence-electron chi connectivity index (χ3n) is 2.15. The number of hydrogen-bond acceptors (Lipinski definition) is 1. The third kappa shape index (κ3) is 4.88. The van der Waals surface area contributed by atoms with Gasteiger partial charge < -0.3 is 0 Å². The van der Waals surface area contributed by atoms with Gasteiger partial charge in [0.25, 0.3) is 0 Å². The van der Waals surface area contributed by atoms with Gasteiger partial charge >= 0.3 is 0 Å². The molecule has 1 aromatic rings. The van der Waals surface area contributed by atoms with Crippen LogP contribution < -0.4 is 5.32 Å². The molecule has 1 N–H and O–H groups in total. The summed E-state index contributed by atoms with van der Waals surface area (Å²) < 4.78 is 0. The van der Waals surface area contributed by atoms with Crippen molar-refractivity contribution in [1.29, 1.82) is 0 Å². The molecule has 1 aromatic carbocycles. The van der Waals surface area contributed by atoms with Crippen LogP contribution in [0.25, 0.3) is 0 Å². The molecule has 0 saturated heterocycles. The molecule has 0 bridgehead atoms. The summed E-state index contributed by atoms with van der Waals surface area (Å²) in [5.74, 6) is 2.62. The topological polar surface area (TPSA) is 12.0 Å². The van der Waals surface area contributed by atoms with Crippen molar-refractivity contribution in [1.82, 2.24) is 5.32 Å². The summed E-state index contributed by atoms with van der Waals surface area (Å²) in [6.07, 6.45) is 6.75. The van der Waals surface area contributed by atoms with Crippen molar-refractivity contribution in [3.8, 4) is 12.3 Å². The summed E-state index contributed by atoms with van der Waals surface area (Å²) in [5.41, 5.74) is 1.17. The Balaban J connectivity index is 2.37. The Labute approximate surface area is 96.8 Å². The first kappa shape index (κ1) is 12.1. The zero-order valence-corrected chi connectivity index (χ0v) is 9.67. The predicted octanol–water partition coefficient (Wildman–Crippen LogP) is 2.80. The molecule has 0 heterocycles. The van der Waals surface area contributed by atoms with Crippen LogP contribution in [0.5, 0.6) is 0 Å². The van der Waals surface area contributed by atoms with Crippen LogP contribution in [0, 0.1) is 12.3 Å². The Morgan fingerprint density at radius 2 is 2.07 bits per heavy atom. The molecule has 0 spiro atoms. The van der Waals surface area contributed by atoms with Gasteiger partial charge in [-0.25, -0.2) is 0 Å². The van der Waals surface area contributed by atoms with Crippen molar-refractivity contribution in [2.24, 2.45) is 0 Å². The monoisotopic (exact) mass is 221 g/mol. The Morgan fingerprint density at radius 1 is 1.40 bits per heavy atom. The van der Waals surface area contributed by atoms with E-state index in [2.05, 4.69) is 23.4 Å². The Bertz CT molecular complexity index is 315. The maximum Gasteiger partial charge on any atom is 0.0868 e. The van der Waals surface area contributed by atoms with Crippen LogP contribution in [0.4, 0.5) is 0 Å². The molecule has 2 unspecified atom stereocenters. The molecule has 0 aliphatic heterocycles. The number of hydrogen-bond donors (Lipinski definition) is 1. The third-order valence-corrected chi connectivity index (χ3v) is 2.43. The van der Waals surface area contributed by atoms with Crippen molar-refractivity contribution in [3.63, 3.8) is 0 Å². The van der Waals surface area contributed by atoms with Gasteiger partial charge in [0, 0.05) is 18.9 Å². The van der Waals surface area contributed by atoms with E-state index in [1.54, 1.807) is 0 Å². The zero-order chi connectivity index (χ0) is 11.1. The van der Waals surface area contributed by atoms with Gasteiger partial charge in [0.15, 0.2) is 0 Å². The van der Waals surface area contributed by atoms with E-state index in [4.69, 9.17) is 18.0 Å². The largest absolute Gasteiger partial charge is 0.298 e. The number of nitrogens with one attached hydrogen (secondary N) is 1. The fourth-order valence-electron chi connectivity index (χ4n) is 1.42. The molecule has 1 rings (SSSR count). The first-order chi connectivity index (χ1) is 7.22. The summed E-state index contributed by atoms with van der Waals surface area (Å²) in [6, 6.07) is 10.4. The molecular formula is C13H16ClN. The van der Waals surface area contributed by atoms with Gasteiger partial charge in [-0.05, 0) is 12.5 Å². The van der Waals surface area contributed by atoms with Crippen molar-refractivity contribution in [2.45, 2.75) is 31.3 Å². The SMILES string of the molecule is C#CCC(C)NC(Cl)Cc1ccccc1. The average molecular weight is 222 g/mol. The van der Waals surface area contributed by atoms with Gasteiger partial charge in [0.1, 0.15) is 0 Å². The van der Waals surface area contributed by atoms with E-state index >= 15 is 0 Å². The lowest BCUT2D eigenvalue weighted by Gasteiger charge is -2.16. The number of terminal acetylenes is 1. The highest BCUT2D eigenvalue weighted by atomic mass is 35.5. The smallest absolute Gasteiger partial charge is 0.0868 e. The van der Waals surface area contributed by atoms with Crippen LogP contribution in [0.3, 0.4) is 0 Å². The molecular weight excluding hydrogens is 206 g/mol. The fraction of sp³-hybridized carbons (Fsp3) is 0.385. The lowest BCUT2D eigenvalue weighted by atomic mass is 10.1. The maximum absolute atomic E-state index is 6.17. The van der Waals surface area contributed by atoms with E-state index < -0.39 is 0 Å². The molecule has 0 amide bonds. The van der Waals surface area contributed by atoms with Gasteiger partial charge in [-0.15, -0.1) is 23.9 Å². The first-order valence-corrected chi connectivity index (χ1v) is 5.53. The van der Waals surface area contributed by atoms with Gasteiger partial charge in [-0.2, -0.15) is 0 Å². The fourth-order valence-corrected chi connectivity index (χ4v) is 1.82. The van der Waals surface area contributed by atoms with E-state index in [0.29, 0.717) is 6.42 Å². The second kappa shape index (κ2) is 6.50. The summed E-state index contributed by atoms with van der Waals surface area (Å²) in [6.45, 7) is 2.04. The van der Waals surface area contributed by atoms with Crippen LogP contribution in [-0.4, -0.2) is 11.5 Å². The minimum absolute atomic E-state index is 0.0595. The predicted molar refractivity (Wildman–Crippen MR) is 65.8 cm³/mol. The lowest BCUT2D eigenvalue weighted by molar-refractivity contribution is 0.531. The van der Waals surface area contributed by atoms with Crippen LogP contribution in [0.2, 0.25) is 0 Å². The Kier molecular flexibility index (Phi) is 5.25. The molecule has 0 saturated carbocycles. The van der Waals surface area contributed by atoms with E-state index in [1.807, 2.05) is 25.1 Å². The molecule has 0 aliphatic carbocycles.